The lowest BCUT2D eigenvalue weighted by atomic mass is 9.95. The molecule has 0 aliphatic heterocycles. The highest BCUT2D eigenvalue weighted by molar-refractivity contribution is 6.14. The number of fused-ring (bicyclic) bond motifs is 13. The van der Waals surface area contributed by atoms with E-state index >= 15 is 0 Å². The first-order valence-electron chi connectivity index (χ1n) is 40.7. The summed E-state index contributed by atoms with van der Waals surface area (Å²) < 4.78 is 0. The third kappa shape index (κ3) is 14.2. The number of rotatable bonds is 10. The van der Waals surface area contributed by atoms with Crippen LogP contribution in [-0.4, -0.2) is 54.8 Å². The zero-order valence-electron chi connectivity index (χ0n) is 65.8. The molecule has 0 atom stereocenters. The first kappa shape index (κ1) is 71.9. The largest absolute Gasteiger partial charge is 0.264 e. The van der Waals surface area contributed by atoms with Gasteiger partial charge in [0.05, 0.1) is 84.0 Å². The lowest BCUT2D eigenvalue weighted by Crippen LogP contribution is -1.90. The third-order valence-electron chi connectivity index (χ3n) is 23.0. The monoisotopic (exact) mass is 1560 g/mol. The molecule has 0 amide bonds. The molecule has 0 saturated carbocycles. The van der Waals surface area contributed by atoms with Crippen LogP contribution in [0.2, 0.25) is 0 Å². The predicted molar refractivity (Wildman–Crippen MR) is 502 cm³/mol. The van der Waals surface area contributed by atoms with Gasteiger partial charge in [-0.3, -0.25) is 19.9 Å². The summed E-state index contributed by atoms with van der Waals surface area (Å²) in [4.78, 5) is 52.2. The molecule has 0 aliphatic carbocycles. The van der Waals surface area contributed by atoms with Crippen LogP contribution in [0.5, 0.6) is 0 Å². The normalized spacial score (nSPS) is 11.4. The minimum atomic E-state index is 0.917. The van der Waals surface area contributed by atoms with Gasteiger partial charge in [0.15, 0.2) is 0 Å². The molecule has 122 heavy (non-hydrogen) atoms. The summed E-state index contributed by atoms with van der Waals surface area (Å²) in [7, 11) is 0. The maximum absolute atomic E-state index is 5.11. The van der Waals surface area contributed by atoms with Crippen LogP contribution >= 0.6 is 0 Å². The van der Waals surface area contributed by atoms with Crippen molar-refractivity contribution in [2.45, 2.75) is 0 Å². The van der Waals surface area contributed by atoms with Crippen molar-refractivity contribution in [3.05, 3.63) is 419 Å². The van der Waals surface area contributed by atoms with Crippen LogP contribution in [0.15, 0.2) is 419 Å². The van der Waals surface area contributed by atoms with Crippen LogP contribution < -0.4 is 0 Å². The maximum Gasteiger partial charge on any atom is 0.0972 e. The van der Waals surface area contributed by atoms with Gasteiger partial charge >= 0.3 is 0 Å². The summed E-state index contributed by atoms with van der Waals surface area (Å²) in [6.45, 7) is 0. The van der Waals surface area contributed by atoms with Gasteiger partial charge in [0.2, 0.25) is 0 Å². The molecule has 568 valence electrons. The van der Waals surface area contributed by atoms with Gasteiger partial charge in [0, 0.05) is 125 Å². The Kier molecular flexibility index (Phi) is 18.3. The molecule has 0 aliphatic rings. The average Bonchev–Trinajstić information content (AvgIpc) is 0.771. The molecule has 11 aromatic heterocycles. The molecule has 13 aromatic carbocycles. The smallest absolute Gasteiger partial charge is 0.0972 e. The Morgan fingerprint density at radius 2 is 0.484 bits per heavy atom. The molecule has 0 unspecified atom stereocenters. The molecule has 24 aromatic rings. The topological polar surface area (TPSA) is 142 Å². The van der Waals surface area contributed by atoms with Crippen molar-refractivity contribution in [3.63, 3.8) is 0 Å². The number of hydrogen-bond acceptors (Lipinski definition) is 11. The van der Waals surface area contributed by atoms with E-state index in [-0.39, 0.29) is 0 Å². The number of pyridine rings is 11. The van der Waals surface area contributed by atoms with Crippen molar-refractivity contribution in [3.8, 4) is 112 Å². The summed E-state index contributed by atoms with van der Waals surface area (Å²) in [6, 6.07) is 131. The van der Waals surface area contributed by atoms with Gasteiger partial charge < -0.3 is 0 Å². The third-order valence-corrected chi connectivity index (χ3v) is 23.0. The van der Waals surface area contributed by atoms with E-state index in [2.05, 4.69) is 341 Å². The van der Waals surface area contributed by atoms with Crippen molar-refractivity contribution < 1.29 is 0 Å². The molecule has 24 rings (SSSR count). The fourth-order valence-corrected chi connectivity index (χ4v) is 16.6. The van der Waals surface area contributed by atoms with Crippen LogP contribution in [-0.2, 0) is 0 Å². The molecule has 0 bridgehead atoms. The zero-order valence-corrected chi connectivity index (χ0v) is 65.8. The molecule has 0 spiro atoms. The minimum absolute atomic E-state index is 0.917. The Morgan fingerprint density at radius 1 is 0.156 bits per heavy atom. The second kappa shape index (κ2) is 31.1. The lowest BCUT2D eigenvalue weighted by molar-refractivity contribution is 1.30. The number of aromatic nitrogens is 11. The number of hydrogen-bond donors (Lipinski definition) is 0. The molecule has 11 nitrogen and oxygen atoms in total. The van der Waals surface area contributed by atoms with Crippen molar-refractivity contribution in [2.24, 2.45) is 0 Å². The molecule has 11 heteroatoms. The van der Waals surface area contributed by atoms with E-state index in [0.29, 0.717) is 0 Å². The summed E-state index contributed by atoms with van der Waals surface area (Å²) in [6.07, 6.45) is 12.7. The SMILES string of the molecule is c1cncc(-c2ccc3ccc(-c4ccc5nc(-c6ccc(-c7ccc8ccc9cccnc9c8n7)cc6)ccc5c4)cc3n2)c1.c1cncc(-c2ccc3ccc(-c4ccc5nc(-c6ccc7ccccc7c6)ccc5c4)cc3n2)c1.c1cncc(-c2ccc3ccc(-c4ccc5nc(-c6cccc7ccc8ccccc8c67)ccc5c4)cc3n2)c1. The van der Waals surface area contributed by atoms with E-state index in [0.717, 1.165) is 199 Å². The number of benzene rings is 13. The molecular weight excluding hydrogens is 1490 g/mol. The highest BCUT2D eigenvalue weighted by Crippen LogP contribution is 2.39. The van der Waals surface area contributed by atoms with Crippen LogP contribution in [0, 0.1) is 0 Å². The van der Waals surface area contributed by atoms with E-state index in [9.17, 15) is 0 Å². The van der Waals surface area contributed by atoms with Crippen molar-refractivity contribution in [1.29, 1.82) is 0 Å². The fraction of sp³-hybridized carbons (Fsp3) is 0. The Bertz CT molecular complexity index is 8210. The van der Waals surface area contributed by atoms with Crippen molar-refractivity contribution >= 4 is 120 Å². The van der Waals surface area contributed by atoms with Gasteiger partial charge in [-0.2, -0.15) is 0 Å². The number of nitrogens with zero attached hydrogens (tertiary/aromatic N) is 11. The zero-order chi connectivity index (χ0) is 80.8. The molecule has 0 fully saturated rings. The van der Waals surface area contributed by atoms with Gasteiger partial charge in [-0.1, -0.05) is 231 Å². The summed E-state index contributed by atoms with van der Waals surface area (Å²) in [5.74, 6) is 0. The standard InChI is InChI=1S/C41H25N5.C37H23N3.C33H21N3/c1-4-34(25-42-21-1)38-17-13-28-9-12-32(24-39(28)45-38)31-15-19-37-33(23-31)16-20-35(44-37)26-5-7-27(8-6-26)36-18-14-30-11-10-29-3-2-22-43-40(29)41(30)46-36;1-2-8-31-24(5-1)10-12-26-6-3-9-32(37(26)31)35-19-16-29-21-27(15-18-33(29)39-35)28-13-11-25-14-17-34(40-36(25)22-28)30-7-4-20-38-23-30;1-2-5-24-18-27(10-7-22(24)4-1)31-16-13-28-19-25(12-15-30(28)35-31)26-9-8-23-11-14-32(36-33(23)20-26)29-6-3-17-34-21-29/h1-25H;1-23H;1-21H. The Balaban J connectivity index is 0.000000110. The van der Waals surface area contributed by atoms with Crippen molar-refractivity contribution in [1.82, 2.24) is 54.8 Å². The highest BCUT2D eigenvalue weighted by atomic mass is 14.8. The second-order valence-corrected chi connectivity index (χ2v) is 30.6. The van der Waals surface area contributed by atoms with Gasteiger partial charge in [-0.25, -0.2) is 34.9 Å². The van der Waals surface area contributed by atoms with Crippen LogP contribution in [0.1, 0.15) is 0 Å². The summed E-state index contributed by atoms with van der Waals surface area (Å²) in [5.41, 5.74) is 28.5. The lowest BCUT2D eigenvalue weighted by Gasteiger charge is -2.11. The molecule has 11 heterocycles. The second-order valence-electron chi connectivity index (χ2n) is 30.6. The predicted octanol–water partition coefficient (Wildman–Crippen LogP) is 27.8. The van der Waals surface area contributed by atoms with Crippen LogP contribution in [0.4, 0.5) is 0 Å². The quantitative estimate of drug-likeness (QED) is 0.121. The first-order chi connectivity index (χ1) is 60.3. The minimum Gasteiger partial charge on any atom is -0.264 e. The average molecular weight is 1560 g/mol. The Morgan fingerprint density at radius 3 is 1.00 bits per heavy atom. The van der Waals surface area contributed by atoms with E-state index in [1.54, 1.807) is 18.6 Å². The van der Waals surface area contributed by atoms with E-state index in [1.165, 1.54) is 32.3 Å². The molecule has 0 N–H and O–H groups in total. The van der Waals surface area contributed by atoms with Gasteiger partial charge in [-0.15, -0.1) is 0 Å². The van der Waals surface area contributed by atoms with Gasteiger partial charge in [-0.05, 0) is 211 Å². The summed E-state index contributed by atoms with van der Waals surface area (Å²) in [5, 5.41) is 16.3. The van der Waals surface area contributed by atoms with Crippen LogP contribution in [0.25, 0.3) is 232 Å². The van der Waals surface area contributed by atoms with E-state index in [1.807, 2.05) is 79.4 Å². The van der Waals surface area contributed by atoms with Crippen molar-refractivity contribution in [2.75, 3.05) is 0 Å². The maximum atomic E-state index is 5.11. The molecule has 0 radical (unpaired) electrons. The van der Waals surface area contributed by atoms with E-state index in [4.69, 9.17) is 34.9 Å². The van der Waals surface area contributed by atoms with Gasteiger partial charge in [0.25, 0.3) is 0 Å². The molecule has 0 saturated heterocycles. The first-order valence-corrected chi connectivity index (χ1v) is 40.7. The van der Waals surface area contributed by atoms with Gasteiger partial charge in [0.1, 0.15) is 0 Å². The Hall–Kier alpha value is -16.6. The Labute approximate surface area is 701 Å². The van der Waals surface area contributed by atoms with Crippen LogP contribution in [0.3, 0.4) is 0 Å². The molecular formula is C111H69N11. The van der Waals surface area contributed by atoms with E-state index < -0.39 is 0 Å². The highest BCUT2D eigenvalue weighted by Gasteiger charge is 2.16. The summed E-state index contributed by atoms with van der Waals surface area (Å²) >= 11 is 0. The fourth-order valence-electron chi connectivity index (χ4n) is 16.6.